The van der Waals surface area contributed by atoms with E-state index in [1.165, 1.54) is 12.3 Å². The fraction of sp³-hybridized carbons (Fsp3) is 0.400. The normalized spacial score (nSPS) is 12.2. The summed E-state index contributed by atoms with van der Waals surface area (Å²) in [5.74, 6) is -1.08. The van der Waals surface area contributed by atoms with Gasteiger partial charge in [0, 0.05) is 18.8 Å². The van der Waals surface area contributed by atoms with Crippen LogP contribution in [0.15, 0.2) is 18.5 Å². The lowest BCUT2D eigenvalue weighted by Crippen LogP contribution is -2.37. The highest BCUT2D eigenvalue weighted by Crippen LogP contribution is 2.03. The van der Waals surface area contributed by atoms with Crippen molar-refractivity contribution in [1.29, 1.82) is 0 Å². The lowest BCUT2D eigenvalue weighted by molar-refractivity contribution is 0.0947. The largest absolute Gasteiger partial charge is 0.350 e. The average molecular weight is 211 g/mol. The van der Waals surface area contributed by atoms with Crippen molar-refractivity contribution < 1.29 is 9.18 Å². The van der Waals surface area contributed by atoms with Gasteiger partial charge in [0.2, 0.25) is 0 Å². The van der Waals surface area contributed by atoms with E-state index in [2.05, 4.69) is 10.3 Å². The molecular weight excluding hydrogens is 197 g/mol. The summed E-state index contributed by atoms with van der Waals surface area (Å²) in [7, 11) is 0. The average Bonchev–Trinajstić information content (AvgIpc) is 2.26. The molecule has 4 nitrogen and oxygen atoms in total. The van der Waals surface area contributed by atoms with Crippen molar-refractivity contribution in [2.45, 2.75) is 19.4 Å². The van der Waals surface area contributed by atoms with E-state index in [1.807, 2.05) is 6.92 Å². The fourth-order valence-electron chi connectivity index (χ4n) is 1.02. The summed E-state index contributed by atoms with van der Waals surface area (Å²) in [5.41, 5.74) is 5.61. The number of amides is 1. The smallest absolute Gasteiger partial charge is 0.254 e. The Morgan fingerprint density at radius 1 is 1.73 bits per heavy atom. The molecule has 5 heteroatoms. The second kappa shape index (κ2) is 5.41. The third-order valence-electron chi connectivity index (χ3n) is 2.07. The molecule has 0 bridgehead atoms. The van der Waals surface area contributed by atoms with Gasteiger partial charge in [0.1, 0.15) is 0 Å². The van der Waals surface area contributed by atoms with Gasteiger partial charge < -0.3 is 11.1 Å². The monoisotopic (exact) mass is 211 g/mol. The van der Waals surface area contributed by atoms with Gasteiger partial charge in [-0.2, -0.15) is 0 Å². The van der Waals surface area contributed by atoms with Gasteiger partial charge in [0.15, 0.2) is 5.82 Å². The predicted octanol–water partition coefficient (Wildman–Crippen LogP) is 0.688. The molecule has 1 heterocycles. The van der Waals surface area contributed by atoms with E-state index in [0.717, 1.165) is 12.6 Å². The van der Waals surface area contributed by atoms with E-state index in [1.54, 1.807) is 0 Å². The van der Waals surface area contributed by atoms with Crippen molar-refractivity contribution in [3.05, 3.63) is 29.8 Å². The molecule has 1 atom stereocenters. The summed E-state index contributed by atoms with van der Waals surface area (Å²) in [6.45, 7) is 2.26. The first-order chi connectivity index (χ1) is 7.15. The number of hydrogen-bond donors (Lipinski definition) is 2. The molecule has 0 aliphatic heterocycles. The van der Waals surface area contributed by atoms with Crippen LogP contribution in [-0.2, 0) is 0 Å². The second-order valence-electron chi connectivity index (χ2n) is 3.23. The maximum absolute atomic E-state index is 13.1. The Hall–Kier alpha value is -1.49. The number of nitrogens with zero attached hydrogens (tertiary/aromatic N) is 1. The van der Waals surface area contributed by atoms with E-state index in [-0.39, 0.29) is 11.6 Å². The topological polar surface area (TPSA) is 68.0 Å². The van der Waals surface area contributed by atoms with Crippen LogP contribution in [0.25, 0.3) is 0 Å². The van der Waals surface area contributed by atoms with Crippen molar-refractivity contribution in [3.8, 4) is 0 Å². The summed E-state index contributed by atoms with van der Waals surface area (Å²) in [5, 5.41) is 2.56. The standard InChI is InChI=1S/C10H14FN3O/c1-2-7(12)5-14-10(15)8-3-4-13-6-9(8)11/h3-4,6-7H,2,5,12H2,1H3,(H,14,15). The van der Waals surface area contributed by atoms with E-state index in [4.69, 9.17) is 5.73 Å². The van der Waals surface area contributed by atoms with Gasteiger partial charge in [-0.15, -0.1) is 0 Å². The minimum Gasteiger partial charge on any atom is -0.350 e. The number of aromatic nitrogens is 1. The van der Waals surface area contributed by atoms with Gasteiger partial charge in [0.05, 0.1) is 11.8 Å². The molecule has 0 fully saturated rings. The van der Waals surface area contributed by atoms with E-state index in [0.29, 0.717) is 6.54 Å². The highest BCUT2D eigenvalue weighted by Gasteiger charge is 2.11. The van der Waals surface area contributed by atoms with Gasteiger partial charge >= 0.3 is 0 Å². The van der Waals surface area contributed by atoms with Crippen LogP contribution in [0, 0.1) is 5.82 Å². The van der Waals surface area contributed by atoms with Gasteiger partial charge in [-0.3, -0.25) is 9.78 Å². The summed E-state index contributed by atoms with van der Waals surface area (Å²) in [4.78, 5) is 15.0. The minimum absolute atomic E-state index is 0.00620. The Morgan fingerprint density at radius 3 is 3.07 bits per heavy atom. The second-order valence-corrected chi connectivity index (χ2v) is 3.23. The van der Waals surface area contributed by atoms with Crippen LogP contribution in [-0.4, -0.2) is 23.5 Å². The first kappa shape index (κ1) is 11.6. The van der Waals surface area contributed by atoms with Crippen LogP contribution in [0.4, 0.5) is 4.39 Å². The molecule has 0 radical (unpaired) electrons. The number of nitrogens with one attached hydrogen (secondary N) is 1. The van der Waals surface area contributed by atoms with Gasteiger partial charge in [-0.05, 0) is 12.5 Å². The molecule has 0 aliphatic rings. The molecule has 0 aliphatic carbocycles. The Kier molecular flexibility index (Phi) is 4.17. The highest BCUT2D eigenvalue weighted by molar-refractivity contribution is 5.94. The maximum Gasteiger partial charge on any atom is 0.254 e. The molecule has 1 amide bonds. The van der Waals surface area contributed by atoms with Crippen LogP contribution in [0.1, 0.15) is 23.7 Å². The zero-order valence-electron chi connectivity index (χ0n) is 8.53. The summed E-state index contributed by atoms with van der Waals surface area (Å²) in [6.07, 6.45) is 3.14. The number of rotatable bonds is 4. The minimum atomic E-state index is -0.625. The van der Waals surface area contributed by atoms with E-state index in [9.17, 15) is 9.18 Å². The predicted molar refractivity (Wildman–Crippen MR) is 54.8 cm³/mol. The third-order valence-corrected chi connectivity index (χ3v) is 2.07. The van der Waals surface area contributed by atoms with Crippen LogP contribution in [0.2, 0.25) is 0 Å². The van der Waals surface area contributed by atoms with Crippen LogP contribution >= 0.6 is 0 Å². The first-order valence-electron chi connectivity index (χ1n) is 4.78. The number of carbonyl (C=O) groups excluding carboxylic acids is 1. The molecule has 82 valence electrons. The van der Waals surface area contributed by atoms with Gasteiger partial charge in [-0.25, -0.2) is 4.39 Å². The highest BCUT2D eigenvalue weighted by atomic mass is 19.1. The summed E-state index contributed by atoms with van der Waals surface area (Å²) >= 11 is 0. The molecular formula is C10H14FN3O. The number of pyridine rings is 1. The number of halogens is 1. The van der Waals surface area contributed by atoms with Crippen molar-refractivity contribution in [1.82, 2.24) is 10.3 Å². The molecule has 1 rings (SSSR count). The number of carbonyl (C=O) groups is 1. The molecule has 0 saturated heterocycles. The molecule has 0 saturated carbocycles. The quantitative estimate of drug-likeness (QED) is 0.769. The summed E-state index contributed by atoms with van der Waals surface area (Å²) in [6, 6.07) is 1.24. The van der Waals surface area contributed by atoms with Gasteiger partial charge in [-0.1, -0.05) is 6.92 Å². The SMILES string of the molecule is CCC(N)CNC(=O)c1ccncc1F. The molecule has 0 spiro atoms. The zero-order chi connectivity index (χ0) is 11.3. The Morgan fingerprint density at radius 2 is 2.47 bits per heavy atom. The first-order valence-corrected chi connectivity index (χ1v) is 4.78. The zero-order valence-corrected chi connectivity index (χ0v) is 8.53. The van der Waals surface area contributed by atoms with E-state index < -0.39 is 11.7 Å². The van der Waals surface area contributed by atoms with Crippen LogP contribution in [0.3, 0.4) is 0 Å². The van der Waals surface area contributed by atoms with Crippen molar-refractivity contribution in [2.24, 2.45) is 5.73 Å². The van der Waals surface area contributed by atoms with Crippen LogP contribution in [0.5, 0.6) is 0 Å². The lowest BCUT2D eigenvalue weighted by atomic mass is 10.2. The molecule has 3 N–H and O–H groups in total. The van der Waals surface area contributed by atoms with Crippen molar-refractivity contribution in [2.75, 3.05) is 6.54 Å². The molecule has 1 unspecified atom stereocenters. The Balaban J connectivity index is 2.58. The Labute approximate surface area is 87.7 Å². The lowest BCUT2D eigenvalue weighted by Gasteiger charge is -2.10. The van der Waals surface area contributed by atoms with Crippen LogP contribution < -0.4 is 11.1 Å². The summed E-state index contributed by atoms with van der Waals surface area (Å²) < 4.78 is 13.1. The van der Waals surface area contributed by atoms with Crippen molar-refractivity contribution >= 4 is 5.91 Å². The van der Waals surface area contributed by atoms with Gasteiger partial charge in [0.25, 0.3) is 5.91 Å². The maximum atomic E-state index is 13.1. The fourth-order valence-corrected chi connectivity index (χ4v) is 1.02. The number of nitrogens with two attached hydrogens (primary N) is 1. The Bertz CT molecular complexity index is 343. The number of hydrogen-bond acceptors (Lipinski definition) is 3. The molecule has 15 heavy (non-hydrogen) atoms. The van der Waals surface area contributed by atoms with Crippen molar-refractivity contribution in [3.63, 3.8) is 0 Å². The molecule has 1 aromatic heterocycles. The third kappa shape index (κ3) is 3.28. The molecule has 1 aromatic rings. The van der Waals surface area contributed by atoms with E-state index >= 15 is 0 Å². The molecule has 0 aromatic carbocycles.